The van der Waals surface area contributed by atoms with Crippen molar-refractivity contribution in [3.63, 3.8) is 0 Å². The Hall–Kier alpha value is -1.85. The summed E-state index contributed by atoms with van der Waals surface area (Å²) < 4.78 is 5.76. The molecule has 0 aliphatic rings. The quantitative estimate of drug-likeness (QED) is 0.395. The Morgan fingerprint density at radius 1 is 1.28 bits per heavy atom. The molecule has 1 rings (SSSR count). The molecule has 0 saturated heterocycles. The van der Waals surface area contributed by atoms with Crippen LogP contribution in [0.15, 0.2) is 30.5 Å². The highest BCUT2D eigenvalue weighted by atomic mass is 16.5. The minimum absolute atomic E-state index is 0.0103. The van der Waals surface area contributed by atoms with E-state index in [9.17, 15) is 9.90 Å². The Balaban J connectivity index is 2.91. The number of aliphatic hydroxyl groups is 1. The van der Waals surface area contributed by atoms with Crippen LogP contribution in [0.1, 0.15) is 64.5 Å². The highest BCUT2D eigenvalue weighted by molar-refractivity contribution is 5.91. The monoisotopic (exact) mass is 404 g/mol. The van der Waals surface area contributed by atoms with E-state index in [1.807, 2.05) is 33.0 Å². The van der Waals surface area contributed by atoms with E-state index in [1.54, 1.807) is 0 Å². The molecule has 0 aliphatic heterocycles. The second-order valence-electron chi connectivity index (χ2n) is 8.29. The fraction of sp³-hybridized carbons (Fsp3) is 0.625. The number of rotatable bonds is 14. The largest absolute Gasteiger partial charge is 0.494 e. The summed E-state index contributed by atoms with van der Waals surface area (Å²) in [6.45, 7) is 13.3. The van der Waals surface area contributed by atoms with Gasteiger partial charge in [0.05, 0.1) is 11.9 Å². The van der Waals surface area contributed by atoms with Crippen LogP contribution in [-0.4, -0.2) is 30.7 Å². The SMILES string of the molecule is C=C(OCc1ccc(CC(C)CC(O)CCC)c(NC(=O)CCNC)c1)C(C)C. The van der Waals surface area contributed by atoms with Crippen LogP contribution in [0.4, 0.5) is 5.69 Å². The molecule has 0 heterocycles. The number of aliphatic hydroxyl groups excluding tert-OH is 1. The van der Waals surface area contributed by atoms with Crippen LogP contribution in [0.2, 0.25) is 0 Å². The normalized spacial score (nSPS) is 13.2. The van der Waals surface area contributed by atoms with Gasteiger partial charge in [0.25, 0.3) is 0 Å². The number of anilines is 1. The lowest BCUT2D eigenvalue weighted by Gasteiger charge is -2.19. The molecule has 29 heavy (non-hydrogen) atoms. The highest BCUT2D eigenvalue weighted by Gasteiger charge is 2.15. The van der Waals surface area contributed by atoms with Gasteiger partial charge in [-0.2, -0.15) is 0 Å². The van der Waals surface area contributed by atoms with E-state index >= 15 is 0 Å². The Bertz CT molecular complexity index is 643. The van der Waals surface area contributed by atoms with Gasteiger partial charge in [-0.3, -0.25) is 4.79 Å². The maximum atomic E-state index is 12.3. The molecule has 5 nitrogen and oxygen atoms in total. The van der Waals surface area contributed by atoms with Crippen molar-refractivity contribution < 1.29 is 14.6 Å². The van der Waals surface area contributed by atoms with Crippen molar-refractivity contribution in [1.29, 1.82) is 0 Å². The molecule has 2 atom stereocenters. The number of carbonyl (C=O) groups excluding carboxylic acids is 1. The summed E-state index contributed by atoms with van der Waals surface area (Å²) >= 11 is 0. The molecule has 1 aromatic carbocycles. The van der Waals surface area contributed by atoms with E-state index < -0.39 is 0 Å². The van der Waals surface area contributed by atoms with Gasteiger partial charge >= 0.3 is 0 Å². The van der Waals surface area contributed by atoms with E-state index in [2.05, 4.69) is 37.1 Å². The molecule has 0 spiro atoms. The molecule has 0 saturated carbocycles. The first kappa shape index (κ1) is 25.2. The molecule has 164 valence electrons. The zero-order chi connectivity index (χ0) is 21.8. The lowest BCUT2D eigenvalue weighted by molar-refractivity contribution is -0.116. The third-order valence-corrected chi connectivity index (χ3v) is 4.98. The van der Waals surface area contributed by atoms with Crippen molar-refractivity contribution in [1.82, 2.24) is 5.32 Å². The Labute approximate surface area is 176 Å². The second-order valence-corrected chi connectivity index (χ2v) is 8.29. The molecule has 1 aromatic rings. The number of benzene rings is 1. The van der Waals surface area contributed by atoms with Crippen LogP contribution < -0.4 is 10.6 Å². The van der Waals surface area contributed by atoms with Gasteiger partial charge in [-0.1, -0.05) is 52.8 Å². The Kier molecular flexibility index (Phi) is 11.6. The van der Waals surface area contributed by atoms with Crippen LogP contribution in [-0.2, 0) is 22.6 Å². The van der Waals surface area contributed by atoms with Gasteiger partial charge in [0.15, 0.2) is 0 Å². The van der Waals surface area contributed by atoms with Gasteiger partial charge in [0.2, 0.25) is 5.91 Å². The standard InChI is InChI=1S/C24H40N2O3/c1-7-8-22(27)14-18(4)13-21-10-9-20(16-29-19(5)17(2)3)15-23(21)26-24(28)11-12-25-6/h9-10,15,17-18,22,25,27H,5,7-8,11-14,16H2,1-4,6H3,(H,26,28). The lowest BCUT2D eigenvalue weighted by atomic mass is 9.92. The molecule has 1 amide bonds. The van der Waals surface area contributed by atoms with Gasteiger partial charge in [-0.15, -0.1) is 0 Å². The van der Waals surface area contributed by atoms with Gasteiger partial charge < -0.3 is 20.5 Å². The molecular weight excluding hydrogens is 364 g/mol. The predicted molar refractivity (Wildman–Crippen MR) is 121 cm³/mol. The zero-order valence-corrected chi connectivity index (χ0v) is 18.9. The van der Waals surface area contributed by atoms with Crippen molar-refractivity contribution in [3.8, 4) is 0 Å². The molecule has 0 fully saturated rings. The fourth-order valence-corrected chi connectivity index (χ4v) is 3.18. The van der Waals surface area contributed by atoms with E-state index in [0.29, 0.717) is 25.5 Å². The third kappa shape index (κ3) is 9.95. The molecule has 0 aromatic heterocycles. The van der Waals surface area contributed by atoms with Crippen molar-refractivity contribution in [2.75, 3.05) is 18.9 Å². The van der Waals surface area contributed by atoms with Crippen molar-refractivity contribution in [2.45, 2.75) is 72.5 Å². The average Bonchev–Trinajstić information content (AvgIpc) is 2.66. The van der Waals surface area contributed by atoms with Gasteiger partial charge in [-0.25, -0.2) is 0 Å². The van der Waals surface area contributed by atoms with Crippen LogP contribution >= 0.6 is 0 Å². The summed E-state index contributed by atoms with van der Waals surface area (Å²) in [6, 6.07) is 6.10. The fourth-order valence-electron chi connectivity index (χ4n) is 3.18. The summed E-state index contributed by atoms with van der Waals surface area (Å²) in [5.41, 5.74) is 2.92. The maximum Gasteiger partial charge on any atom is 0.225 e. The molecular formula is C24H40N2O3. The zero-order valence-electron chi connectivity index (χ0n) is 18.9. The summed E-state index contributed by atoms with van der Waals surface area (Å²) in [5.74, 6) is 1.34. The molecule has 2 unspecified atom stereocenters. The predicted octanol–water partition coefficient (Wildman–Crippen LogP) is 4.65. The molecule has 5 heteroatoms. The summed E-state index contributed by atoms with van der Waals surface area (Å²) in [4.78, 5) is 12.3. The number of ether oxygens (including phenoxy) is 1. The highest BCUT2D eigenvalue weighted by Crippen LogP contribution is 2.25. The minimum atomic E-state index is -0.265. The van der Waals surface area contributed by atoms with E-state index in [1.165, 1.54) is 0 Å². The smallest absolute Gasteiger partial charge is 0.225 e. The van der Waals surface area contributed by atoms with E-state index in [-0.39, 0.29) is 17.9 Å². The van der Waals surface area contributed by atoms with Crippen LogP contribution in [0.25, 0.3) is 0 Å². The van der Waals surface area contributed by atoms with E-state index in [4.69, 9.17) is 4.74 Å². The topological polar surface area (TPSA) is 70.6 Å². The van der Waals surface area contributed by atoms with Gasteiger partial charge in [-0.05, 0) is 49.4 Å². The number of allylic oxidation sites excluding steroid dienone is 1. The number of carbonyl (C=O) groups is 1. The van der Waals surface area contributed by atoms with Crippen LogP contribution in [0.3, 0.4) is 0 Å². The first-order valence-electron chi connectivity index (χ1n) is 10.8. The van der Waals surface area contributed by atoms with E-state index in [0.717, 1.165) is 48.3 Å². The molecule has 3 N–H and O–H groups in total. The Morgan fingerprint density at radius 3 is 2.62 bits per heavy atom. The maximum absolute atomic E-state index is 12.3. The lowest BCUT2D eigenvalue weighted by Crippen LogP contribution is -2.20. The molecule has 0 bridgehead atoms. The summed E-state index contributed by atoms with van der Waals surface area (Å²) in [5, 5.41) is 16.2. The number of hydrogen-bond donors (Lipinski definition) is 3. The second kappa shape index (κ2) is 13.4. The van der Waals surface area contributed by atoms with Gasteiger partial charge in [0, 0.05) is 24.6 Å². The number of hydrogen-bond acceptors (Lipinski definition) is 4. The Morgan fingerprint density at radius 2 is 2.00 bits per heavy atom. The summed E-state index contributed by atoms with van der Waals surface area (Å²) in [6.07, 6.45) is 3.54. The number of nitrogens with one attached hydrogen (secondary N) is 2. The van der Waals surface area contributed by atoms with Gasteiger partial charge in [0.1, 0.15) is 6.61 Å². The van der Waals surface area contributed by atoms with Crippen molar-refractivity contribution in [3.05, 3.63) is 41.7 Å². The molecule has 0 radical (unpaired) electrons. The van der Waals surface area contributed by atoms with Crippen LogP contribution in [0.5, 0.6) is 0 Å². The molecule has 0 aliphatic carbocycles. The average molecular weight is 405 g/mol. The third-order valence-electron chi connectivity index (χ3n) is 4.98. The van der Waals surface area contributed by atoms with Crippen molar-refractivity contribution in [2.24, 2.45) is 11.8 Å². The van der Waals surface area contributed by atoms with Crippen molar-refractivity contribution >= 4 is 11.6 Å². The number of amides is 1. The van der Waals surface area contributed by atoms with Crippen LogP contribution in [0, 0.1) is 11.8 Å². The first-order chi connectivity index (χ1) is 13.8. The first-order valence-corrected chi connectivity index (χ1v) is 10.8. The summed E-state index contributed by atoms with van der Waals surface area (Å²) in [7, 11) is 1.83. The minimum Gasteiger partial charge on any atom is -0.494 e.